The molecule has 6 heteroatoms. The maximum atomic E-state index is 12.6. The molecule has 0 unspecified atom stereocenters. The van der Waals surface area contributed by atoms with Crippen LogP contribution in [0, 0.1) is 0 Å². The number of rotatable bonds is 5. The second kappa shape index (κ2) is 7.92. The van der Waals surface area contributed by atoms with Crippen LogP contribution in [0.4, 0.5) is 5.95 Å². The molecule has 3 aromatic rings. The van der Waals surface area contributed by atoms with E-state index in [2.05, 4.69) is 16.0 Å². The molecule has 1 aliphatic heterocycles. The number of hydrogen-bond donors (Lipinski definition) is 0. The van der Waals surface area contributed by atoms with Gasteiger partial charge in [-0.1, -0.05) is 29.8 Å². The van der Waals surface area contributed by atoms with Gasteiger partial charge in [-0.3, -0.25) is 14.3 Å². The van der Waals surface area contributed by atoms with Crippen molar-refractivity contribution in [1.82, 2.24) is 14.5 Å². The Morgan fingerprint density at radius 1 is 1.07 bits per heavy atom. The lowest BCUT2D eigenvalue weighted by molar-refractivity contribution is 0.527. The largest absolute Gasteiger partial charge is 0.342 e. The fraction of sp³-hybridized carbons (Fsp3) is 0.286. The quantitative estimate of drug-likeness (QED) is 0.675. The molecule has 1 aromatic carbocycles. The van der Waals surface area contributed by atoms with Gasteiger partial charge < -0.3 is 4.90 Å². The monoisotopic (exact) mass is 380 g/mol. The lowest BCUT2D eigenvalue weighted by Gasteiger charge is -2.31. The zero-order valence-corrected chi connectivity index (χ0v) is 15.8. The van der Waals surface area contributed by atoms with Gasteiger partial charge in [0, 0.05) is 48.7 Å². The first-order valence-electron chi connectivity index (χ1n) is 9.23. The first kappa shape index (κ1) is 17.7. The average Bonchev–Trinajstić information content (AvgIpc) is 2.70. The highest BCUT2D eigenvalue weighted by Gasteiger charge is 2.20. The van der Waals surface area contributed by atoms with Crippen molar-refractivity contribution in [2.75, 3.05) is 18.0 Å². The zero-order chi connectivity index (χ0) is 18.6. The molecular weight excluding hydrogens is 360 g/mol. The van der Waals surface area contributed by atoms with Crippen LogP contribution in [0.1, 0.15) is 18.4 Å². The normalized spacial score (nSPS) is 13.4. The van der Waals surface area contributed by atoms with Crippen molar-refractivity contribution >= 4 is 17.5 Å². The molecule has 138 valence electrons. The second-order valence-corrected chi connectivity index (χ2v) is 7.11. The Kier molecular flexibility index (Phi) is 5.21. The van der Waals surface area contributed by atoms with Crippen molar-refractivity contribution in [1.29, 1.82) is 0 Å². The molecule has 0 spiro atoms. The minimum absolute atomic E-state index is 0.00242. The minimum Gasteiger partial charge on any atom is -0.342 e. The lowest BCUT2D eigenvalue weighted by Crippen LogP contribution is -2.39. The Labute approximate surface area is 163 Å². The van der Waals surface area contributed by atoms with Gasteiger partial charge in [-0.25, -0.2) is 4.98 Å². The topological polar surface area (TPSA) is 51.0 Å². The molecule has 4 rings (SSSR count). The summed E-state index contributed by atoms with van der Waals surface area (Å²) in [6.45, 7) is 2.48. The van der Waals surface area contributed by atoms with Crippen LogP contribution in [-0.4, -0.2) is 27.6 Å². The third-order valence-electron chi connectivity index (χ3n) is 4.89. The SMILES string of the molecule is O=c1cc(-c2ccncc2)nc2n1CCCN2CCCc1ccccc1Cl. The number of pyridine rings is 1. The second-order valence-electron chi connectivity index (χ2n) is 6.70. The van der Waals surface area contributed by atoms with E-state index in [0.29, 0.717) is 5.69 Å². The summed E-state index contributed by atoms with van der Waals surface area (Å²) in [4.78, 5) is 23.7. The van der Waals surface area contributed by atoms with Gasteiger partial charge in [-0.15, -0.1) is 0 Å². The number of nitrogens with zero attached hydrogens (tertiary/aromatic N) is 4. The lowest BCUT2D eigenvalue weighted by atomic mass is 10.1. The summed E-state index contributed by atoms with van der Waals surface area (Å²) in [5, 5.41) is 0.811. The molecule has 0 bridgehead atoms. The fourth-order valence-electron chi connectivity index (χ4n) is 3.51. The zero-order valence-electron chi connectivity index (χ0n) is 15.0. The first-order valence-corrected chi connectivity index (χ1v) is 9.61. The summed E-state index contributed by atoms with van der Waals surface area (Å²) in [5.74, 6) is 0.764. The molecule has 0 fully saturated rings. The van der Waals surface area contributed by atoms with Gasteiger partial charge in [0.25, 0.3) is 5.56 Å². The molecule has 27 heavy (non-hydrogen) atoms. The van der Waals surface area contributed by atoms with E-state index in [1.165, 1.54) is 0 Å². The number of aryl methyl sites for hydroxylation is 1. The summed E-state index contributed by atoms with van der Waals surface area (Å²) < 4.78 is 1.78. The Morgan fingerprint density at radius 2 is 1.89 bits per heavy atom. The summed E-state index contributed by atoms with van der Waals surface area (Å²) in [6, 6.07) is 13.3. The summed E-state index contributed by atoms with van der Waals surface area (Å²) in [7, 11) is 0. The molecule has 0 saturated carbocycles. The predicted molar refractivity (Wildman–Crippen MR) is 108 cm³/mol. The molecule has 5 nitrogen and oxygen atoms in total. The molecule has 0 atom stereocenters. The summed E-state index contributed by atoms with van der Waals surface area (Å²) >= 11 is 6.26. The molecule has 0 radical (unpaired) electrons. The minimum atomic E-state index is 0.00242. The van der Waals surface area contributed by atoms with Crippen molar-refractivity contribution in [2.24, 2.45) is 0 Å². The Balaban J connectivity index is 1.56. The Hall–Kier alpha value is -2.66. The number of fused-ring (bicyclic) bond motifs is 1. The molecule has 0 aliphatic carbocycles. The highest BCUT2D eigenvalue weighted by atomic mass is 35.5. The third-order valence-corrected chi connectivity index (χ3v) is 5.26. The van der Waals surface area contributed by atoms with Crippen LogP contribution in [0.3, 0.4) is 0 Å². The Bertz CT molecular complexity index is 987. The number of anilines is 1. The average molecular weight is 381 g/mol. The van der Waals surface area contributed by atoms with Crippen molar-refractivity contribution in [3.05, 3.63) is 75.8 Å². The maximum Gasteiger partial charge on any atom is 0.255 e. The van der Waals surface area contributed by atoms with Crippen LogP contribution >= 0.6 is 11.6 Å². The number of hydrogen-bond acceptors (Lipinski definition) is 4. The van der Waals surface area contributed by atoms with Gasteiger partial charge in [-0.2, -0.15) is 0 Å². The van der Waals surface area contributed by atoms with Gasteiger partial charge in [-0.05, 0) is 43.0 Å². The van der Waals surface area contributed by atoms with E-state index >= 15 is 0 Å². The standard InChI is InChI=1S/C21H21ClN4O/c22-18-7-2-1-5-16(18)6-3-12-25-13-4-14-26-20(27)15-19(24-21(25)26)17-8-10-23-11-9-17/h1-2,5,7-11,15H,3-4,6,12-14H2. The van der Waals surface area contributed by atoms with Crippen LogP contribution in [0.25, 0.3) is 11.3 Å². The number of halogens is 1. The molecule has 1 aliphatic rings. The maximum absolute atomic E-state index is 12.6. The van der Waals surface area contributed by atoms with E-state index in [9.17, 15) is 4.79 Å². The molecule has 3 heterocycles. The van der Waals surface area contributed by atoms with Gasteiger partial charge >= 0.3 is 0 Å². The summed E-state index contributed by atoms with van der Waals surface area (Å²) in [6.07, 6.45) is 6.25. The van der Waals surface area contributed by atoms with Crippen molar-refractivity contribution < 1.29 is 0 Å². The van der Waals surface area contributed by atoms with Crippen LogP contribution in [0.5, 0.6) is 0 Å². The first-order chi connectivity index (χ1) is 13.2. The van der Waals surface area contributed by atoms with Crippen LogP contribution in [0.2, 0.25) is 5.02 Å². The number of aromatic nitrogens is 3. The van der Waals surface area contributed by atoms with Gasteiger partial charge in [0.1, 0.15) is 0 Å². The van der Waals surface area contributed by atoms with Crippen LogP contribution < -0.4 is 10.5 Å². The van der Waals surface area contributed by atoms with E-state index in [-0.39, 0.29) is 5.56 Å². The Morgan fingerprint density at radius 3 is 2.70 bits per heavy atom. The van der Waals surface area contributed by atoms with E-state index in [1.54, 1.807) is 23.0 Å². The van der Waals surface area contributed by atoms with Gasteiger partial charge in [0.2, 0.25) is 5.95 Å². The van der Waals surface area contributed by atoms with E-state index in [1.807, 2.05) is 30.3 Å². The van der Waals surface area contributed by atoms with Crippen molar-refractivity contribution in [3.8, 4) is 11.3 Å². The smallest absolute Gasteiger partial charge is 0.255 e. The highest BCUT2D eigenvalue weighted by molar-refractivity contribution is 6.31. The third kappa shape index (κ3) is 3.88. The highest BCUT2D eigenvalue weighted by Crippen LogP contribution is 2.22. The van der Waals surface area contributed by atoms with Crippen LogP contribution in [0.15, 0.2) is 59.7 Å². The van der Waals surface area contributed by atoms with E-state index in [4.69, 9.17) is 16.6 Å². The molecule has 0 saturated heterocycles. The predicted octanol–water partition coefficient (Wildman–Crippen LogP) is 3.80. The van der Waals surface area contributed by atoms with Crippen molar-refractivity contribution in [3.63, 3.8) is 0 Å². The van der Waals surface area contributed by atoms with Gasteiger partial charge in [0.05, 0.1) is 5.69 Å². The number of benzene rings is 1. The molecule has 0 amide bonds. The van der Waals surface area contributed by atoms with E-state index in [0.717, 1.165) is 61.0 Å². The van der Waals surface area contributed by atoms with Crippen molar-refractivity contribution in [2.45, 2.75) is 25.8 Å². The summed E-state index contributed by atoms with van der Waals surface area (Å²) in [5.41, 5.74) is 2.77. The molecular formula is C21H21ClN4O. The van der Waals surface area contributed by atoms with Gasteiger partial charge in [0.15, 0.2) is 0 Å². The van der Waals surface area contributed by atoms with Crippen LogP contribution in [-0.2, 0) is 13.0 Å². The molecule has 0 N–H and O–H groups in total. The fourth-order valence-corrected chi connectivity index (χ4v) is 3.74. The molecule has 2 aromatic heterocycles. The van der Waals surface area contributed by atoms with E-state index < -0.39 is 0 Å².